The van der Waals surface area contributed by atoms with Crippen molar-refractivity contribution in [2.24, 2.45) is 0 Å². The van der Waals surface area contributed by atoms with Gasteiger partial charge < -0.3 is 8.98 Å². The van der Waals surface area contributed by atoms with E-state index in [0.29, 0.717) is 17.5 Å². The first-order valence-corrected chi connectivity index (χ1v) is 24.4. The Bertz CT molecular complexity index is 4590. The molecule has 0 spiro atoms. The topological polar surface area (TPSA) is 56.7 Å². The van der Waals surface area contributed by atoms with Gasteiger partial charge in [0, 0.05) is 84.3 Å². The lowest BCUT2D eigenvalue weighted by Crippen LogP contribution is -2.02. The Morgan fingerprint density at radius 2 is 0.985 bits per heavy atom. The van der Waals surface area contributed by atoms with E-state index in [1.165, 1.54) is 51.8 Å². The summed E-state index contributed by atoms with van der Waals surface area (Å²) in [5, 5.41) is 11.8. The summed E-state index contributed by atoms with van der Waals surface area (Å²) in [4.78, 5) is 16.5. The molecule has 0 amide bonds. The van der Waals surface area contributed by atoms with Gasteiger partial charge in [0.15, 0.2) is 17.5 Å². The molecule has 0 aliphatic heterocycles. The van der Waals surface area contributed by atoms with Gasteiger partial charge in [0.05, 0.1) is 11.0 Å². The Kier molecular flexibility index (Phi) is 8.04. The minimum atomic E-state index is 0.596. The molecule has 5 heterocycles. The molecule has 0 saturated carbocycles. The van der Waals surface area contributed by atoms with E-state index in [9.17, 15) is 0 Å². The zero-order chi connectivity index (χ0) is 44.5. The van der Waals surface area contributed by atoms with Crippen LogP contribution in [0.5, 0.6) is 0 Å². The van der Waals surface area contributed by atoms with Crippen molar-refractivity contribution in [3.8, 4) is 51.0 Å². The third-order valence-corrected chi connectivity index (χ3v) is 16.0. The normalized spacial score (nSPS) is 12.1. The van der Waals surface area contributed by atoms with E-state index in [-0.39, 0.29) is 0 Å². The molecule has 68 heavy (non-hydrogen) atoms. The number of furan rings is 1. The number of benzene rings is 10. The van der Waals surface area contributed by atoms with E-state index in [1.807, 2.05) is 12.1 Å². The SMILES string of the molecule is c1ccc2cc3c(cc2c1)c1ccccc1n3-c1ccc(-c2nc(-c3cccc4c3sc3ccccc34)nc(-c3cccc4sc5ccccc5c34)n2)c(-c2ccc3c(c2)oc2ccccc23)c1. The molecule has 0 aliphatic rings. The van der Waals surface area contributed by atoms with Crippen molar-refractivity contribution < 1.29 is 4.42 Å². The van der Waals surface area contributed by atoms with Crippen LogP contribution in [-0.4, -0.2) is 19.5 Å². The number of fused-ring (bicyclic) bond motifs is 13. The molecule has 7 heteroatoms. The van der Waals surface area contributed by atoms with E-state index in [4.69, 9.17) is 19.4 Å². The van der Waals surface area contributed by atoms with Crippen molar-refractivity contribution in [3.63, 3.8) is 0 Å². The third kappa shape index (κ3) is 5.64. The highest BCUT2D eigenvalue weighted by Crippen LogP contribution is 2.44. The standard InChI is InChI=1S/C61H34N4OS2/c1-2-14-36-32-51-49(31-35(36)13-1)39-15-3-7-22-50(39)65(51)38-28-30-44(48(34-38)37-27-29-41-40-16-4-8-23-52(40)66-53(41)33-37)59-62-60(46-20-12-26-56-57(46)45-18-6-10-25-55(45)67-56)64-61(63-59)47-21-11-19-43-42-17-5-9-24-54(42)68-58(43)47/h1-34H. The second kappa shape index (κ2) is 14.5. The largest absolute Gasteiger partial charge is 0.456 e. The summed E-state index contributed by atoms with van der Waals surface area (Å²) in [7, 11) is 0. The number of aromatic nitrogens is 4. The minimum Gasteiger partial charge on any atom is -0.456 e. The van der Waals surface area contributed by atoms with E-state index < -0.39 is 0 Å². The Balaban J connectivity index is 1.03. The van der Waals surface area contributed by atoms with Crippen LogP contribution in [0.2, 0.25) is 0 Å². The smallest absolute Gasteiger partial charge is 0.165 e. The first kappa shape index (κ1) is 37.7. The van der Waals surface area contributed by atoms with Gasteiger partial charge in [-0.1, -0.05) is 127 Å². The molecule has 0 fully saturated rings. The molecule has 10 aromatic carbocycles. The number of para-hydroxylation sites is 2. The molecule has 0 atom stereocenters. The second-order valence-electron chi connectivity index (χ2n) is 17.5. The summed E-state index contributed by atoms with van der Waals surface area (Å²) >= 11 is 3.59. The van der Waals surface area contributed by atoms with Crippen LogP contribution in [0.25, 0.3) is 146 Å². The zero-order valence-corrected chi connectivity index (χ0v) is 37.8. The maximum Gasteiger partial charge on any atom is 0.165 e. The van der Waals surface area contributed by atoms with Gasteiger partial charge in [-0.05, 0) is 101 Å². The first-order chi connectivity index (χ1) is 33.7. The molecule has 0 unspecified atom stereocenters. The van der Waals surface area contributed by atoms with Gasteiger partial charge in [-0.2, -0.15) is 0 Å². The van der Waals surface area contributed by atoms with Crippen molar-refractivity contribution in [2.75, 3.05) is 0 Å². The summed E-state index contributed by atoms with van der Waals surface area (Å²) in [6.07, 6.45) is 0. The van der Waals surface area contributed by atoms with Crippen LogP contribution in [0.1, 0.15) is 0 Å². The summed E-state index contributed by atoms with van der Waals surface area (Å²) in [5.74, 6) is 1.86. The molecule has 0 radical (unpaired) electrons. The fraction of sp³-hybridized carbons (Fsp3) is 0. The molecule has 0 N–H and O–H groups in total. The van der Waals surface area contributed by atoms with E-state index in [1.54, 1.807) is 22.7 Å². The maximum atomic E-state index is 6.56. The first-order valence-electron chi connectivity index (χ1n) is 22.7. The number of nitrogens with zero attached hydrogens (tertiary/aromatic N) is 4. The summed E-state index contributed by atoms with van der Waals surface area (Å²) in [6.45, 7) is 0. The molecule has 0 bridgehead atoms. The molecular weight excluding hydrogens is 869 g/mol. The van der Waals surface area contributed by atoms with E-state index in [2.05, 4.69) is 199 Å². The predicted octanol–water partition coefficient (Wildman–Crippen LogP) is 17.4. The monoisotopic (exact) mass is 902 g/mol. The quantitative estimate of drug-likeness (QED) is 0.173. The van der Waals surface area contributed by atoms with Gasteiger partial charge in [-0.3, -0.25) is 0 Å². The van der Waals surface area contributed by atoms with Crippen molar-refractivity contribution >= 4 is 118 Å². The van der Waals surface area contributed by atoms with Crippen LogP contribution < -0.4 is 0 Å². The van der Waals surface area contributed by atoms with Crippen LogP contribution in [0.4, 0.5) is 0 Å². The Morgan fingerprint density at radius 1 is 0.353 bits per heavy atom. The molecule has 316 valence electrons. The highest BCUT2D eigenvalue weighted by molar-refractivity contribution is 7.26. The molecule has 15 aromatic rings. The van der Waals surface area contributed by atoms with Crippen molar-refractivity contribution in [2.45, 2.75) is 0 Å². The average molecular weight is 903 g/mol. The average Bonchev–Trinajstić information content (AvgIpc) is 4.16. The highest BCUT2D eigenvalue weighted by atomic mass is 32.1. The predicted molar refractivity (Wildman–Crippen MR) is 286 cm³/mol. The zero-order valence-electron chi connectivity index (χ0n) is 36.1. The third-order valence-electron chi connectivity index (χ3n) is 13.7. The summed E-state index contributed by atoms with van der Waals surface area (Å²) in [5.41, 5.74) is 9.86. The van der Waals surface area contributed by atoms with Crippen LogP contribution in [0, 0.1) is 0 Å². The molecular formula is C61H34N4OS2. The lowest BCUT2D eigenvalue weighted by atomic mass is 9.96. The number of hydrogen-bond acceptors (Lipinski definition) is 6. The molecule has 0 saturated heterocycles. The summed E-state index contributed by atoms with van der Waals surface area (Å²) in [6, 6.07) is 73.8. The Labute approximate surface area is 396 Å². The lowest BCUT2D eigenvalue weighted by molar-refractivity contribution is 0.669. The molecule has 15 rings (SSSR count). The molecule has 5 nitrogen and oxygen atoms in total. The molecule has 5 aromatic heterocycles. The molecule has 0 aliphatic carbocycles. The van der Waals surface area contributed by atoms with Crippen LogP contribution in [0.15, 0.2) is 211 Å². The van der Waals surface area contributed by atoms with Gasteiger partial charge in [0.2, 0.25) is 0 Å². The lowest BCUT2D eigenvalue weighted by Gasteiger charge is -2.16. The number of rotatable bonds is 5. The van der Waals surface area contributed by atoms with Gasteiger partial charge >= 0.3 is 0 Å². The highest BCUT2D eigenvalue weighted by Gasteiger charge is 2.23. The Hall–Kier alpha value is -8.49. The van der Waals surface area contributed by atoms with Crippen LogP contribution in [0.3, 0.4) is 0 Å². The maximum absolute atomic E-state index is 6.56. The van der Waals surface area contributed by atoms with E-state index in [0.717, 1.165) is 76.6 Å². The van der Waals surface area contributed by atoms with Gasteiger partial charge in [0.25, 0.3) is 0 Å². The van der Waals surface area contributed by atoms with Crippen molar-refractivity contribution in [1.29, 1.82) is 0 Å². The summed E-state index contributed by atoms with van der Waals surface area (Å²) < 4.78 is 13.8. The van der Waals surface area contributed by atoms with E-state index >= 15 is 0 Å². The van der Waals surface area contributed by atoms with Gasteiger partial charge in [0.1, 0.15) is 11.2 Å². The Morgan fingerprint density at radius 3 is 1.85 bits per heavy atom. The number of thiophene rings is 2. The fourth-order valence-electron chi connectivity index (χ4n) is 10.6. The van der Waals surface area contributed by atoms with Crippen molar-refractivity contribution in [3.05, 3.63) is 206 Å². The number of hydrogen-bond donors (Lipinski definition) is 0. The van der Waals surface area contributed by atoms with Gasteiger partial charge in [-0.15, -0.1) is 22.7 Å². The fourth-order valence-corrected chi connectivity index (χ4v) is 12.9. The van der Waals surface area contributed by atoms with Crippen molar-refractivity contribution in [1.82, 2.24) is 19.5 Å². The van der Waals surface area contributed by atoms with Crippen LogP contribution >= 0.6 is 22.7 Å². The van der Waals surface area contributed by atoms with Gasteiger partial charge in [-0.25, -0.2) is 15.0 Å². The second-order valence-corrected chi connectivity index (χ2v) is 19.6. The van der Waals surface area contributed by atoms with Crippen LogP contribution in [-0.2, 0) is 0 Å². The minimum absolute atomic E-state index is 0.596.